The van der Waals surface area contributed by atoms with E-state index in [4.69, 9.17) is 0 Å². The molecular weight excluding hydrogens is 335 g/mol. The molecule has 1 unspecified atom stereocenters. The molecule has 26 heavy (non-hydrogen) atoms. The molecular formula is C20H17FN2O3. The summed E-state index contributed by atoms with van der Waals surface area (Å²) >= 11 is 0. The monoisotopic (exact) mass is 352 g/mol. The van der Waals surface area contributed by atoms with Gasteiger partial charge in [0, 0.05) is 41.4 Å². The topological polar surface area (TPSA) is 82.2 Å². The number of carbonyl (C=O) groups is 2. The van der Waals surface area contributed by atoms with Gasteiger partial charge >= 0.3 is 5.97 Å². The zero-order chi connectivity index (χ0) is 18.5. The third-order valence-electron chi connectivity index (χ3n) is 4.06. The number of aromatic amines is 1. The lowest BCUT2D eigenvalue weighted by Gasteiger charge is -2.12. The first-order valence-corrected chi connectivity index (χ1v) is 8.05. The minimum absolute atomic E-state index is 0.258. The van der Waals surface area contributed by atoms with Gasteiger partial charge in [-0.25, -0.2) is 9.18 Å². The first kappa shape index (κ1) is 17.4. The molecule has 0 saturated carbocycles. The van der Waals surface area contributed by atoms with Crippen LogP contribution in [0.15, 0.2) is 67.0 Å². The third kappa shape index (κ3) is 3.97. The number of hydrogen-bond acceptors (Lipinski definition) is 3. The first-order valence-electron chi connectivity index (χ1n) is 8.05. The van der Waals surface area contributed by atoms with Crippen LogP contribution in [0.3, 0.4) is 0 Å². The van der Waals surface area contributed by atoms with Crippen LogP contribution < -0.4 is 5.32 Å². The van der Waals surface area contributed by atoms with Crippen molar-refractivity contribution < 1.29 is 19.1 Å². The van der Waals surface area contributed by atoms with E-state index in [9.17, 15) is 19.1 Å². The second-order valence-corrected chi connectivity index (χ2v) is 5.83. The Labute approximate surface area is 149 Å². The van der Waals surface area contributed by atoms with Gasteiger partial charge in [0.25, 0.3) is 0 Å². The number of carboxylic acid groups (broad SMARTS) is 1. The highest BCUT2D eigenvalue weighted by Gasteiger charge is 2.18. The molecule has 3 rings (SSSR count). The Kier molecular flexibility index (Phi) is 5.12. The number of hydrogen-bond donors (Lipinski definition) is 3. The maximum atomic E-state index is 12.9. The minimum atomic E-state index is -1.02. The molecule has 0 spiro atoms. The molecule has 1 heterocycles. The molecule has 0 aliphatic carbocycles. The molecule has 1 aromatic heterocycles. The molecule has 3 N–H and O–H groups in total. The molecule has 0 saturated heterocycles. The van der Waals surface area contributed by atoms with Gasteiger partial charge in [0.05, 0.1) is 0 Å². The zero-order valence-corrected chi connectivity index (χ0v) is 13.8. The maximum absolute atomic E-state index is 12.9. The summed E-state index contributed by atoms with van der Waals surface area (Å²) in [6, 6.07) is 11.9. The van der Waals surface area contributed by atoms with Crippen molar-refractivity contribution in [1.82, 2.24) is 10.3 Å². The van der Waals surface area contributed by atoms with Gasteiger partial charge in [0.1, 0.15) is 11.9 Å². The van der Waals surface area contributed by atoms with Gasteiger partial charge in [-0.05, 0) is 35.9 Å². The summed E-state index contributed by atoms with van der Waals surface area (Å²) in [4.78, 5) is 26.6. The number of carboxylic acids is 1. The SMILES string of the molecule is O=C(/C=C\NC(Cc1c[nH]c2ccccc12)C(=O)O)c1ccc(F)cc1. The summed E-state index contributed by atoms with van der Waals surface area (Å²) in [5.41, 5.74) is 2.14. The Bertz CT molecular complexity index is 961. The van der Waals surface area contributed by atoms with Crippen molar-refractivity contribution in [2.75, 3.05) is 0 Å². The predicted molar refractivity (Wildman–Crippen MR) is 96.4 cm³/mol. The number of carbonyl (C=O) groups excluding carboxylic acids is 1. The number of fused-ring (bicyclic) bond motifs is 1. The second-order valence-electron chi connectivity index (χ2n) is 5.83. The largest absolute Gasteiger partial charge is 0.480 e. The molecule has 0 fully saturated rings. The van der Waals surface area contributed by atoms with E-state index in [1.54, 1.807) is 6.20 Å². The van der Waals surface area contributed by atoms with Crippen molar-refractivity contribution in [2.24, 2.45) is 0 Å². The molecule has 0 radical (unpaired) electrons. The van der Waals surface area contributed by atoms with Crippen LogP contribution in [0.1, 0.15) is 15.9 Å². The summed E-state index contributed by atoms with van der Waals surface area (Å²) < 4.78 is 12.9. The first-order chi connectivity index (χ1) is 12.5. The van der Waals surface area contributed by atoms with Crippen molar-refractivity contribution in [1.29, 1.82) is 0 Å². The van der Waals surface area contributed by atoms with Gasteiger partial charge in [-0.1, -0.05) is 18.2 Å². The normalized spacial score (nSPS) is 12.3. The fourth-order valence-electron chi connectivity index (χ4n) is 2.69. The molecule has 1 atom stereocenters. The van der Waals surface area contributed by atoms with Crippen molar-refractivity contribution >= 4 is 22.7 Å². The summed E-state index contributed by atoms with van der Waals surface area (Å²) in [6.07, 6.45) is 4.60. The summed E-state index contributed by atoms with van der Waals surface area (Å²) in [5, 5.41) is 13.1. The van der Waals surface area contributed by atoms with Gasteiger partial charge in [0.15, 0.2) is 5.78 Å². The quantitative estimate of drug-likeness (QED) is 0.450. The molecule has 0 aliphatic rings. The Balaban J connectivity index is 1.68. The Morgan fingerprint density at radius 1 is 1.15 bits per heavy atom. The fourth-order valence-corrected chi connectivity index (χ4v) is 2.69. The van der Waals surface area contributed by atoms with Crippen molar-refractivity contribution in [3.05, 3.63) is 83.9 Å². The summed E-state index contributed by atoms with van der Waals surface area (Å²) in [5.74, 6) is -1.78. The third-order valence-corrected chi connectivity index (χ3v) is 4.06. The van der Waals surface area contributed by atoms with Crippen LogP contribution in [0.4, 0.5) is 4.39 Å². The number of nitrogens with one attached hydrogen (secondary N) is 2. The smallest absolute Gasteiger partial charge is 0.326 e. The van der Waals surface area contributed by atoms with Crippen LogP contribution in [-0.2, 0) is 11.2 Å². The number of para-hydroxylation sites is 1. The van der Waals surface area contributed by atoms with Gasteiger partial charge in [-0.15, -0.1) is 0 Å². The second kappa shape index (κ2) is 7.65. The molecule has 5 nitrogen and oxygen atoms in total. The standard InChI is InChI=1S/C20H17FN2O3/c21-15-7-5-13(6-8-15)19(24)9-10-22-18(20(25)26)11-14-12-23-17-4-2-1-3-16(14)17/h1-10,12,18,22-23H,11H2,(H,25,26)/b10-9-. The highest BCUT2D eigenvalue weighted by molar-refractivity contribution is 6.04. The van der Waals surface area contributed by atoms with Crippen LogP contribution in [0.5, 0.6) is 0 Å². The van der Waals surface area contributed by atoms with E-state index in [2.05, 4.69) is 10.3 Å². The highest BCUT2D eigenvalue weighted by atomic mass is 19.1. The van der Waals surface area contributed by atoms with E-state index < -0.39 is 17.8 Å². The summed E-state index contributed by atoms with van der Waals surface area (Å²) in [6.45, 7) is 0. The average molecular weight is 352 g/mol. The molecule has 0 aliphatic heterocycles. The van der Waals surface area contributed by atoms with E-state index >= 15 is 0 Å². The van der Waals surface area contributed by atoms with Crippen LogP contribution in [0, 0.1) is 5.82 Å². The number of aliphatic carboxylic acids is 1. The van der Waals surface area contributed by atoms with E-state index in [0.29, 0.717) is 5.56 Å². The molecule has 0 amide bonds. The number of ketones is 1. The Morgan fingerprint density at radius 3 is 2.62 bits per heavy atom. The van der Waals surface area contributed by atoms with E-state index in [-0.39, 0.29) is 12.2 Å². The maximum Gasteiger partial charge on any atom is 0.326 e. The lowest BCUT2D eigenvalue weighted by molar-refractivity contribution is -0.139. The Hall–Kier alpha value is -3.41. The molecule has 0 bridgehead atoms. The van der Waals surface area contributed by atoms with E-state index in [0.717, 1.165) is 16.5 Å². The highest BCUT2D eigenvalue weighted by Crippen LogP contribution is 2.19. The molecule has 2 aromatic carbocycles. The number of allylic oxidation sites excluding steroid dienone is 1. The summed E-state index contributed by atoms with van der Waals surface area (Å²) in [7, 11) is 0. The number of halogens is 1. The number of rotatable bonds is 7. The zero-order valence-electron chi connectivity index (χ0n) is 13.8. The molecule has 6 heteroatoms. The molecule has 3 aromatic rings. The van der Waals surface area contributed by atoms with Gasteiger partial charge in [-0.3, -0.25) is 4.79 Å². The number of aromatic nitrogens is 1. The predicted octanol–water partition coefficient (Wildman–Crippen LogP) is 3.29. The van der Waals surface area contributed by atoms with Crippen LogP contribution in [-0.4, -0.2) is 27.9 Å². The fraction of sp³-hybridized carbons (Fsp3) is 0.100. The minimum Gasteiger partial charge on any atom is -0.480 e. The van der Waals surface area contributed by atoms with Crippen molar-refractivity contribution in [3.63, 3.8) is 0 Å². The lowest BCUT2D eigenvalue weighted by Crippen LogP contribution is -2.35. The van der Waals surface area contributed by atoms with Gasteiger partial charge in [-0.2, -0.15) is 0 Å². The average Bonchev–Trinajstić information content (AvgIpc) is 3.04. The van der Waals surface area contributed by atoms with Gasteiger partial charge < -0.3 is 15.4 Å². The van der Waals surface area contributed by atoms with Gasteiger partial charge in [0.2, 0.25) is 0 Å². The van der Waals surface area contributed by atoms with Crippen LogP contribution in [0.2, 0.25) is 0 Å². The van der Waals surface area contributed by atoms with E-state index in [1.807, 2.05) is 24.3 Å². The van der Waals surface area contributed by atoms with Crippen molar-refractivity contribution in [3.8, 4) is 0 Å². The Morgan fingerprint density at radius 2 is 1.88 bits per heavy atom. The number of benzene rings is 2. The molecule has 132 valence electrons. The van der Waals surface area contributed by atoms with Crippen LogP contribution >= 0.6 is 0 Å². The van der Waals surface area contributed by atoms with Crippen LogP contribution in [0.25, 0.3) is 10.9 Å². The van der Waals surface area contributed by atoms with E-state index in [1.165, 1.54) is 36.5 Å². The lowest BCUT2D eigenvalue weighted by atomic mass is 10.1. The number of H-pyrrole nitrogens is 1. The van der Waals surface area contributed by atoms with Crippen molar-refractivity contribution in [2.45, 2.75) is 12.5 Å².